The minimum atomic E-state index is -0.838. The van der Waals surface area contributed by atoms with Crippen molar-refractivity contribution >= 4 is 12.1 Å². The molecule has 8 nitrogen and oxygen atoms in total. The van der Waals surface area contributed by atoms with Crippen molar-refractivity contribution in [2.45, 2.75) is 52.0 Å². The van der Waals surface area contributed by atoms with E-state index in [0.717, 1.165) is 43.9 Å². The van der Waals surface area contributed by atoms with E-state index in [1.165, 1.54) is 11.1 Å². The van der Waals surface area contributed by atoms with E-state index in [2.05, 4.69) is 30.9 Å². The molecule has 3 heterocycles. The Labute approximate surface area is 208 Å². The van der Waals surface area contributed by atoms with Crippen molar-refractivity contribution in [2.75, 3.05) is 47.0 Å². The van der Waals surface area contributed by atoms with Crippen LogP contribution in [0.4, 0.5) is 4.79 Å². The maximum atomic E-state index is 12.8. The molecule has 0 radical (unpaired) electrons. The van der Waals surface area contributed by atoms with E-state index in [9.17, 15) is 14.7 Å². The van der Waals surface area contributed by atoms with Crippen LogP contribution in [0.3, 0.4) is 0 Å². The lowest BCUT2D eigenvalue weighted by Gasteiger charge is -2.47. The lowest BCUT2D eigenvalue weighted by molar-refractivity contribution is -0.143. The summed E-state index contributed by atoms with van der Waals surface area (Å²) in [5.41, 5.74) is 2.59. The molecule has 1 aromatic rings. The van der Waals surface area contributed by atoms with Crippen LogP contribution in [0.1, 0.15) is 56.7 Å². The summed E-state index contributed by atoms with van der Waals surface area (Å²) in [7, 11) is 3.34. The zero-order chi connectivity index (χ0) is 25.1. The Hall–Kier alpha value is -2.48. The summed E-state index contributed by atoms with van der Waals surface area (Å²) in [4.78, 5) is 28.4. The van der Waals surface area contributed by atoms with Crippen LogP contribution >= 0.6 is 0 Å². The third-order valence-corrected chi connectivity index (χ3v) is 8.00. The summed E-state index contributed by atoms with van der Waals surface area (Å²) >= 11 is 0. The molecule has 2 fully saturated rings. The molecular weight excluding hydrogens is 448 g/mol. The van der Waals surface area contributed by atoms with Gasteiger partial charge in [0, 0.05) is 32.2 Å². The third kappa shape index (κ3) is 5.68. The SMILES string of the molecule is COc1cc2c(cc1OC)C1CC(COC(=O)N3CCCC(C(=O)O)C3)C(CC(C)C)CN1CC2. The van der Waals surface area contributed by atoms with Gasteiger partial charge in [0.15, 0.2) is 11.5 Å². The van der Waals surface area contributed by atoms with Gasteiger partial charge in [-0.25, -0.2) is 4.79 Å². The molecule has 1 amide bonds. The quantitative estimate of drug-likeness (QED) is 0.615. The van der Waals surface area contributed by atoms with Gasteiger partial charge in [-0.15, -0.1) is 0 Å². The standard InChI is InChI=1S/C27H40N2O6/c1-17(2)10-20-15-28-9-7-18-12-24(33-3)25(34-4)13-22(18)23(28)11-21(20)16-35-27(32)29-8-5-6-19(14-29)26(30)31/h12-13,17,19-21,23H,5-11,14-16H2,1-4H3,(H,30,31). The van der Waals surface area contributed by atoms with Crippen LogP contribution in [0.2, 0.25) is 0 Å². The van der Waals surface area contributed by atoms with Gasteiger partial charge >= 0.3 is 12.1 Å². The minimum Gasteiger partial charge on any atom is -0.493 e. The molecule has 0 bridgehead atoms. The fourth-order valence-corrected chi connectivity index (χ4v) is 6.19. The number of carboxylic acids is 1. The van der Waals surface area contributed by atoms with E-state index in [1.807, 2.05) is 0 Å². The van der Waals surface area contributed by atoms with Crippen LogP contribution in [0, 0.1) is 23.7 Å². The molecule has 1 aromatic carbocycles. The maximum absolute atomic E-state index is 12.8. The number of fused-ring (bicyclic) bond motifs is 3. The second-order valence-electron chi connectivity index (χ2n) is 10.8. The van der Waals surface area contributed by atoms with E-state index in [4.69, 9.17) is 14.2 Å². The average Bonchev–Trinajstić information content (AvgIpc) is 2.85. The van der Waals surface area contributed by atoms with Crippen molar-refractivity contribution in [3.8, 4) is 11.5 Å². The van der Waals surface area contributed by atoms with Gasteiger partial charge in [-0.1, -0.05) is 13.8 Å². The maximum Gasteiger partial charge on any atom is 0.409 e. The first kappa shape index (κ1) is 25.6. The van der Waals surface area contributed by atoms with Crippen LogP contribution in [0.5, 0.6) is 11.5 Å². The highest BCUT2D eigenvalue weighted by Crippen LogP contribution is 2.45. The monoisotopic (exact) mass is 488 g/mol. The zero-order valence-corrected chi connectivity index (χ0v) is 21.5. The molecule has 2 saturated heterocycles. The van der Waals surface area contributed by atoms with Crippen molar-refractivity contribution in [3.63, 3.8) is 0 Å². The fraction of sp³-hybridized carbons (Fsp3) is 0.704. The predicted molar refractivity (Wildman–Crippen MR) is 132 cm³/mol. The van der Waals surface area contributed by atoms with Crippen LogP contribution in [0.15, 0.2) is 12.1 Å². The number of hydrogen-bond donors (Lipinski definition) is 1. The average molecular weight is 489 g/mol. The van der Waals surface area contributed by atoms with Gasteiger partial charge in [-0.2, -0.15) is 0 Å². The summed E-state index contributed by atoms with van der Waals surface area (Å²) in [5, 5.41) is 9.35. The Morgan fingerprint density at radius 3 is 2.51 bits per heavy atom. The van der Waals surface area contributed by atoms with Gasteiger partial charge in [0.2, 0.25) is 0 Å². The highest BCUT2D eigenvalue weighted by Gasteiger charge is 2.40. The van der Waals surface area contributed by atoms with Crippen LogP contribution in [0.25, 0.3) is 0 Å². The molecule has 1 N–H and O–H groups in total. The summed E-state index contributed by atoms with van der Waals surface area (Å²) in [6.45, 7) is 7.67. The predicted octanol–water partition coefficient (Wildman–Crippen LogP) is 4.22. The van der Waals surface area contributed by atoms with E-state index >= 15 is 0 Å². The Morgan fingerprint density at radius 1 is 1.09 bits per heavy atom. The number of likely N-dealkylation sites (tertiary alicyclic amines) is 1. The highest BCUT2D eigenvalue weighted by molar-refractivity contribution is 5.73. The van der Waals surface area contributed by atoms with Gasteiger partial charge in [0.25, 0.3) is 0 Å². The number of ether oxygens (including phenoxy) is 3. The summed E-state index contributed by atoms with van der Waals surface area (Å²) in [6.07, 6.45) is 3.94. The first-order valence-electron chi connectivity index (χ1n) is 12.9. The fourth-order valence-electron chi connectivity index (χ4n) is 6.19. The molecule has 4 unspecified atom stereocenters. The van der Waals surface area contributed by atoms with E-state index < -0.39 is 11.9 Å². The lowest BCUT2D eigenvalue weighted by Crippen LogP contribution is -2.48. The molecule has 0 aliphatic carbocycles. The number of piperidine rings is 2. The molecular formula is C27H40N2O6. The minimum absolute atomic E-state index is 0.236. The number of benzene rings is 1. The molecule has 0 saturated carbocycles. The zero-order valence-electron chi connectivity index (χ0n) is 21.5. The van der Waals surface area contributed by atoms with Crippen molar-refractivity contribution in [1.82, 2.24) is 9.80 Å². The second-order valence-corrected chi connectivity index (χ2v) is 10.8. The number of carbonyl (C=O) groups excluding carboxylic acids is 1. The number of carbonyl (C=O) groups is 2. The van der Waals surface area contributed by atoms with E-state index in [-0.39, 0.29) is 24.6 Å². The molecule has 0 spiro atoms. The number of rotatable bonds is 7. The van der Waals surface area contributed by atoms with Gasteiger partial charge in [-0.3, -0.25) is 9.69 Å². The molecule has 194 valence electrons. The normalized spacial score (nSPS) is 26.6. The number of methoxy groups -OCH3 is 2. The van der Waals surface area contributed by atoms with Gasteiger partial charge in [0.1, 0.15) is 0 Å². The van der Waals surface area contributed by atoms with Crippen LogP contribution in [-0.2, 0) is 16.0 Å². The first-order valence-corrected chi connectivity index (χ1v) is 12.9. The smallest absolute Gasteiger partial charge is 0.409 e. The number of carboxylic acid groups (broad SMARTS) is 1. The molecule has 3 aliphatic heterocycles. The molecule has 35 heavy (non-hydrogen) atoms. The second kappa shape index (κ2) is 11.1. The Morgan fingerprint density at radius 2 is 1.83 bits per heavy atom. The molecule has 4 rings (SSSR count). The van der Waals surface area contributed by atoms with E-state index in [0.29, 0.717) is 37.8 Å². The Bertz CT molecular complexity index is 919. The summed E-state index contributed by atoms with van der Waals surface area (Å²) in [5.74, 6) is 1.44. The van der Waals surface area contributed by atoms with Crippen LogP contribution in [-0.4, -0.2) is 74.0 Å². The Kier molecular flexibility index (Phi) is 8.09. The molecule has 3 aliphatic rings. The number of aliphatic carboxylic acids is 1. The Balaban J connectivity index is 1.49. The number of amides is 1. The van der Waals surface area contributed by atoms with Gasteiger partial charge < -0.3 is 24.2 Å². The van der Waals surface area contributed by atoms with Crippen molar-refractivity contribution in [1.29, 1.82) is 0 Å². The van der Waals surface area contributed by atoms with Gasteiger partial charge in [-0.05, 0) is 73.1 Å². The largest absolute Gasteiger partial charge is 0.493 e. The van der Waals surface area contributed by atoms with Crippen LogP contribution < -0.4 is 9.47 Å². The number of nitrogens with zero attached hydrogens (tertiary/aromatic N) is 2. The third-order valence-electron chi connectivity index (χ3n) is 8.00. The lowest BCUT2D eigenvalue weighted by atomic mass is 9.74. The highest BCUT2D eigenvalue weighted by atomic mass is 16.6. The molecule has 8 heteroatoms. The van der Waals surface area contributed by atoms with E-state index in [1.54, 1.807) is 19.1 Å². The summed E-state index contributed by atoms with van der Waals surface area (Å²) < 4.78 is 17.0. The topological polar surface area (TPSA) is 88.5 Å². The van der Waals surface area contributed by atoms with Gasteiger partial charge in [0.05, 0.1) is 26.7 Å². The van der Waals surface area contributed by atoms with Crippen molar-refractivity contribution in [2.24, 2.45) is 23.7 Å². The molecule has 4 atom stereocenters. The van der Waals surface area contributed by atoms with Crippen molar-refractivity contribution < 1.29 is 28.9 Å². The number of hydrogen-bond acceptors (Lipinski definition) is 6. The summed E-state index contributed by atoms with van der Waals surface area (Å²) in [6, 6.07) is 4.49. The van der Waals surface area contributed by atoms with Crippen molar-refractivity contribution in [3.05, 3.63) is 23.3 Å². The molecule has 0 aromatic heterocycles. The first-order chi connectivity index (χ1) is 16.8.